The predicted molar refractivity (Wildman–Crippen MR) is 102 cm³/mol. The molecule has 0 aliphatic rings. The summed E-state index contributed by atoms with van der Waals surface area (Å²) in [6.45, 7) is 5.48. The lowest BCUT2D eigenvalue weighted by Gasteiger charge is -2.22. The third-order valence-corrected chi connectivity index (χ3v) is 3.74. The van der Waals surface area contributed by atoms with Gasteiger partial charge >= 0.3 is 0 Å². The summed E-state index contributed by atoms with van der Waals surface area (Å²) >= 11 is 0. The number of aliphatic hydroxyl groups is 1. The molecule has 0 fully saturated rings. The number of benzene rings is 2. The Bertz CT molecular complexity index is 705. The number of aliphatic imine (C=N–C) groups is 1. The van der Waals surface area contributed by atoms with E-state index in [2.05, 4.69) is 15.6 Å². The van der Waals surface area contributed by atoms with Gasteiger partial charge in [-0.3, -0.25) is 0 Å². The standard InChI is InChI=1S/C20H26FN3O2/c1-3-22-19(23-12-13-26-18-11-7-10-17(21)14-18)24-15-20(2,25)16-8-5-4-6-9-16/h4-11,14,25H,3,12-13,15H2,1-2H3,(H2,22,23,24). The summed E-state index contributed by atoms with van der Waals surface area (Å²) in [6.07, 6.45) is 0. The number of ether oxygens (including phenoxy) is 1. The van der Waals surface area contributed by atoms with E-state index >= 15 is 0 Å². The van der Waals surface area contributed by atoms with E-state index in [1.807, 2.05) is 37.3 Å². The van der Waals surface area contributed by atoms with Crippen molar-refractivity contribution in [2.75, 3.05) is 26.2 Å². The number of nitrogens with zero attached hydrogens (tertiary/aromatic N) is 1. The van der Waals surface area contributed by atoms with Crippen molar-refractivity contribution in [1.29, 1.82) is 0 Å². The van der Waals surface area contributed by atoms with E-state index < -0.39 is 5.60 Å². The largest absolute Gasteiger partial charge is 0.492 e. The Kier molecular flexibility index (Phi) is 7.41. The second-order valence-electron chi connectivity index (χ2n) is 6.07. The molecule has 0 aliphatic heterocycles. The highest BCUT2D eigenvalue weighted by Crippen LogP contribution is 2.20. The monoisotopic (exact) mass is 359 g/mol. The Balaban J connectivity index is 1.86. The molecule has 5 nitrogen and oxygen atoms in total. The van der Waals surface area contributed by atoms with Gasteiger partial charge in [-0.15, -0.1) is 0 Å². The van der Waals surface area contributed by atoms with E-state index in [1.54, 1.807) is 19.1 Å². The molecule has 0 bridgehead atoms. The maximum absolute atomic E-state index is 13.1. The summed E-state index contributed by atoms with van der Waals surface area (Å²) in [5.41, 5.74) is -0.240. The molecule has 26 heavy (non-hydrogen) atoms. The minimum absolute atomic E-state index is 0.219. The van der Waals surface area contributed by atoms with Crippen LogP contribution in [0.5, 0.6) is 5.75 Å². The molecule has 0 aliphatic carbocycles. The number of hydrogen-bond acceptors (Lipinski definition) is 3. The Morgan fingerprint density at radius 1 is 1.15 bits per heavy atom. The molecule has 0 saturated carbocycles. The van der Waals surface area contributed by atoms with Crippen LogP contribution < -0.4 is 15.4 Å². The van der Waals surface area contributed by atoms with Gasteiger partial charge in [0.1, 0.15) is 23.8 Å². The second kappa shape index (κ2) is 9.77. The fourth-order valence-electron chi connectivity index (χ4n) is 2.36. The highest BCUT2D eigenvalue weighted by Gasteiger charge is 2.22. The molecule has 0 spiro atoms. The van der Waals surface area contributed by atoms with Crippen LogP contribution in [0.1, 0.15) is 19.4 Å². The molecule has 140 valence electrons. The average Bonchev–Trinajstić information content (AvgIpc) is 2.64. The van der Waals surface area contributed by atoms with E-state index in [9.17, 15) is 9.50 Å². The summed E-state index contributed by atoms with van der Waals surface area (Å²) < 4.78 is 18.6. The number of hydrogen-bond donors (Lipinski definition) is 3. The molecule has 2 aromatic carbocycles. The number of halogens is 1. The molecule has 1 atom stereocenters. The van der Waals surface area contributed by atoms with E-state index in [0.29, 0.717) is 31.4 Å². The lowest BCUT2D eigenvalue weighted by molar-refractivity contribution is 0.0672. The van der Waals surface area contributed by atoms with E-state index in [-0.39, 0.29) is 12.4 Å². The van der Waals surface area contributed by atoms with Gasteiger partial charge in [0.2, 0.25) is 0 Å². The van der Waals surface area contributed by atoms with Crippen LogP contribution >= 0.6 is 0 Å². The van der Waals surface area contributed by atoms with Crippen LogP contribution in [0.25, 0.3) is 0 Å². The van der Waals surface area contributed by atoms with Crippen LogP contribution in [-0.4, -0.2) is 37.3 Å². The molecule has 0 aromatic heterocycles. The fourth-order valence-corrected chi connectivity index (χ4v) is 2.36. The zero-order valence-electron chi connectivity index (χ0n) is 15.2. The lowest BCUT2D eigenvalue weighted by atomic mass is 9.96. The molecular formula is C20H26FN3O2. The summed E-state index contributed by atoms with van der Waals surface area (Å²) in [5, 5.41) is 16.9. The lowest BCUT2D eigenvalue weighted by Crippen LogP contribution is -2.40. The SMILES string of the molecule is CCNC(=NCC(C)(O)c1ccccc1)NCCOc1cccc(F)c1. The Morgan fingerprint density at radius 3 is 2.62 bits per heavy atom. The molecule has 3 N–H and O–H groups in total. The van der Waals surface area contributed by atoms with Gasteiger partial charge in [-0.05, 0) is 31.5 Å². The van der Waals surface area contributed by atoms with Gasteiger partial charge in [-0.2, -0.15) is 0 Å². The van der Waals surface area contributed by atoms with Crippen molar-refractivity contribution in [1.82, 2.24) is 10.6 Å². The first-order valence-electron chi connectivity index (χ1n) is 8.70. The summed E-state index contributed by atoms with van der Waals surface area (Å²) in [6, 6.07) is 15.5. The Morgan fingerprint density at radius 2 is 1.92 bits per heavy atom. The highest BCUT2D eigenvalue weighted by atomic mass is 19.1. The van der Waals surface area contributed by atoms with E-state index in [0.717, 1.165) is 5.56 Å². The quantitative estimate of drug-likeness (QED) is 0.385. The van der Waals surface area contributed by atoms with Crippen molar-refractivity contribution >= 4 is 5.96 Å². The maximum Gasteiger partial charge on any atom is 0.191 e. The molecule has 0 radical (unpaired) electrons. The second-order valence-corrected chi connectivity index (χ2v) is 6.07. The van der Waals surface area contributed by atoms with E-state index in [1.165, 1.54) is 12.1 Å². The number of guanidine groups is 1. The normalized spacial score (nSPS) is 13.8. The third-order valence-electron chi connectivity index (χ3n) is 3.74. The van der Waals surface area contributed by atoms with Crippen molar-refractivity contribution < 1.29 is 14.2 Å². The van der Waals surface area contributed by atoms with Crippen LogP contribution in [0.3, 0.4) is 0 Å². The molecule has 2 rings (SSSR count). The van der Waals surface area contributed by atoms with Gasteiger partial charge in [-0.25, -0.2) is 9.38 Å². The van der Waals surface area contributed by atoms with Crippen LogP contribution in [0.15, 0.2) is 59.6 Å². The summed E-state index contributed by atoms with van der Waals surface area (Å²) in [4.78, 5) is 4.45. The molecule has 0 saturated heterocycles. The molecule has 6 heteroatoms. The number of rotatable bonds is 8. The van der Waals surface area contributed by atoms with Gasteiger partial charge < -0.3 is 20.5 Å². The van der Waals surface area contributed by atoms with Crippen molar-refractivity contribution in [2.24, 2.45) is 4.99 Å². The third kappa shape index (κ3) is 6.37. The fraction of sp³-hybridized carbons (Fsp3) is 0.350. The van der Waals surface area contributed by atoms with Crippen molar-refractivity contribution in [2.45, 2.75) is 19.4 Å². The Hall–Kier alpha value is -2.60. The number of nitrogens with one attached hydrogen (secondary N) is 2. The predicted octanol–water partition coefficient (Wildman–Crippen LogP) is 2.67. The van der Waals surface area contributed by atoms with Gasteiger partial charge in [0.25, 0.3) is 0 Å². The summed E-state index contributed by atoms with van der Waals surface area (Å²) in [5.74, 6) is 0.751. The van der Waals surface area contributed by atoms with Crippen molar-refractivity contribution in [3.8, 4) is 5.75 Å². The van der Waals surface area contributed by atoms with Gasteiger partial charge in [-0.1, -0.05) is 36.4 Å². The van der Waals surface area contributed by atoms with Gasteiger partial charge in [0.15, 0.2) is 5.96 Å². The molecule has 0 heterocycles. The van der Waals surface area contributed by atoms with Gasteiger partial charge in [0, 0.05) is 12.6 Å². The zero-order valence-corrected chi connectivity index (χ0v) is 15.2. The van der Waals surface area contributed by atoms with Gasteiger partial charge in [0.05, 0.1) is 13.1 Å². The summed E-state index contributed by atoms with van der Waals surface area (Å²) in [7, 11) is 0. The average molecular weight is 359 g/mol. The van der Waals surface area contributed by atoms with E-state index in [4.69, 9.17) is 4.74 Å². The van der Waals surface area contributed by atoms with Crippen molar-refractivity contribution in [3.63, 3.8) is 0 Å². The topological polar surface area (TPSA) is 65.9 Å². The molecular weight excluding hydrogens is 333 g/mol. The minimum Gasteiger partial charge on any atom is -0.492 e. The van der Waals surface area contributed by atoms with Crippen LogP contribution in [0.4, 0.5) is 4.39 Å². The Labute approximate surface area is 153 Å². The van der Waals surface area contributed by atoms with Crippen LogP contribution in [0, 0.1) is 5.82 Å². The molecule has 0 amide bonds. The first-order chi connectivity index (χ1) is 12.5. The van der Waals surface area contributed by atoms with Crippen molar-refractivity contribution in [3.05, 3.63) is 66.0 Å². The van der Waals surface area contributed by atoms with Crippen LogP contribution in [0.2, 0.25) is 0 Å². The molecule has 2 aromatic rings. The smallest absolute Gasteiger partial charge is 0.191 e. The first kappa shape index (κ1) is 19.7. The zero-order chi connectivity index (χ0) is 18.8. The highest BCUT2D eigenvalue weighted by molar-refractivity contribution is 5.79. The minimum atomic E-state index is -1.05. The first-order valence-corrected chi connectivity index (χ1v) is 8.70. The van der Waals surface area contributed by atoms with Crippen LogP contribution in [-0.2, 0) is 5.60 Å². The molecule has 1 unspecified atom stereocenters. The maximum atomic E-state index is 13.1.